The molecule has 0 aliphatic heterocycles. The van der Waals surface area contributed by atoms with E-state index in [0.29, 0.717) is 0 Å². The normalized spacial score (nSPS) is 15.1. The lowest BCUT2D eigenvalue weighted by atomic mass is 10.1. The minimum atomic E-state index is -0.915. The van der Waals surface area contributed by atoms with E-state index in [-0.39, 0.29) is 0 Å². The van der Waals surface area contributed by atoms with Crippen LogP contribution in [-0.2, 0) is 0 Å². The van der Waals surface area contributed by atoms with Gasteiger partial charge in [0.25, 0.3) is 0 Å². The molecule has 0 atom stereocenters. The zero-order valence-electron chi connectivity index (χ0n) is 14.0. The maximum Gasteiger partial charge on any atom is 0.0483 e. The van der Waals surface area contributed by atoms with Crippen LogP contribution in [-0.4, -0.2) is 16.1 Å². The predicted octanol–water partition coefficient (Wildman–Crippen LogP) is 6.34. The molecule has 0 saturated carbocycles. The molecular weight excluding hydrogens is 248 g/mol. The number of rotatable bonds is 7. The highest BCUT2D eigenvalue weighted by Crippen LogP contribution is 2.18. The highest BCUT2D eigenvalue weighted by molar-refractivity contribution is 6.76. The summed E-state index contributed by atoms with van der Waals surface area (Å²) >= 11 is 0. The van der Waals surface area contributed by atoms with Crippen LogP contribution in [0.5, 0.6) is 0 Å². The van der Waals surface area contributed by atoms with Crippen molar-refractivity contribution < 1.29 is 0 Å². The van der Waals surface area contributed by atoms with Gasteiger partial charge in [-0.05, 0) is 38.8 Å². The fourth-order valence-electron chi connectivity index (χ4n) is 2.04. The van der Waals surface area contributed by atoms with Crippen LogP contribution >= 0.6 is 0 Å². The van der Waals surface area contributed by atoms with Gasteiger partial charge in [-0.15, -0.1) is 0 Å². The summed E-state index contributed by atoms with van der Waals surface area (Å²) in [6.45, 7) is 19.3. The summed E-state index contributed by atoms with van der Waals surface area (Å²) in [6, 6.07) is 2.68. The second-order valence-corrected chi connectivity index (χ2v) is 19.1. The summed E-state index contributed by atoms with van der Waals surface area (Å²) in [6.07, 6.45) is 7.41. The van der Waals surface area contributed by atoms with E-state index < -0.39 is 16.1 Å². The maximum absolute atomic E-state index is 2.48. The number of hydrogen-bond acceptors (Lipinski definition) is 0. The van der Waals surface area contributed by atoms with Gasteiger partial charge >= 0.3 is 0 Å². The molecule has 0 spiro atoms. The van der Waals surface area contributed by atoms with E-state index in [4.69, 9.17) is 0 Å². The van der Waals surface area contributed by atoms with Crippen molar-refractivity contribution in [3.05, 3.63) is 23.3 Å². The van der Waals surface area contributed by atoms with Crippen molar-refractivity contribution in [3.63, 3.8) is 0 Å². The van der Waals surface area contributed by atoms with E-state index in [0.717, 1.165) is 0 Å². The smallest absolute Gasteiger partial charge is 0.0483 e. The molecule has 0 rings (SSSR count). The second-order valence-electron chi connectivity index (χ2n) is 8.14. The van der Waals surface area contributed by atoms with Gasteiger partial charge in [0.1, 0.15) is 0 Å². The number of allylic oxidation sites excluding steroid dienone is 4. The molecule has 0 aromatic heterocycles. The molecule has 0 amide bonds. The van der Waals surface area contributed by atoms with Crippen molar-refractivity contribution in [2.45, 2.75) is 78.1 Å². The van der Waals surface area contributed by atoms with Gasteiger partial charge in [0.05, 0.1) is 0 Å². The van der Waals surface area contributed by atoms with Crippen LogP contribution in [0, 0.1) is 0 Å². The van der Waals surface area contributed by atoms with Crippen LogP contribution in [0.1, 0.15) is 26.7 Å². The van der Waals surface area contributed by atoms with Crippen LogP contribution in [0.25, 0.3) is 0 Å². The van der Waals surface area contributed by atoms with Crippen molar-refractivity contribution >= 4 is 16.1 Å². The molecular formula is C16H34Si2. The van der Waals surface area contributed by atoms with Gasteiger partial charge in [-0.25, -0.2) is 0 Å². The lowest BCUT2D eigenvalue weighted by Gasteiger charge is -2.16. The minimum absolute atomic E-state index is 0.899. The fourth-order valence-corrected chi connectivity index (χ4v) is 4.82. The quantitative estimate of drug-likeness (QED) is 0.378. The fraction of sp³-hybridized carbons (Fsp3) is 0.750. The predicted molar refractivity (Wildman–Crippen MR) is 93.1 cm³/mol. The SMILES string of the molecule is C/C(=C/C[Si](C)(C)C)CC/C=C(/C)C[Si](C)(C)C. The van der Waals surface area contributed by atoms with Gasteiger partial charge in [-0.1, -0.05) is 62.6 Å². The molecule has 0 aromatic rings. The summed E-state index contributed by atoms with van der Waals surface area (Å²) in [5.41, 5.74) is 3.18. The summed E-state index contributed by atoms with van der Waals surface area (Å²) < 4.78 is 0. The Morgan fingerprint density at radius 2 is 1.33 bits per heavy atom. The van der Waals surface area contributed by atoms with E-state index in [1.165, 1.54) is 24.9 Å². The highest BCUT2D eigenvalue weighted by atomic mass is 28.3. The molecule has 2 heteroatoms. The molecule has 0 heterocycles. The van der Waals surface area contributed by atoms with Crippen molar-refractivity contribution in [2.75, 3.05) is 0 Å². The topological polar surface area (TPSA) is 0 Å². The van der Waals surface area contributed by atoms with Gasteiger partial charge in [0.15, 0.2) is 0 Å². The van der Waals surface area contributed by atoms with Crippen molar-refractivity contribution in [1.29, 1.82) is 0 Å². The monoisotopic (exact) mass is 282 g/mol. The third-order valence-corrected chi connectivity index (χ3v) is 5.95. The van der Waals surface area contributed by atoms with Crippen LogP contribution in [0.4, 0.5) is 0 Å². The first-order chi connectivity index (χ1) is 7.99. The Morgan fingerprint density at radius 1 is 0.778 bits per heavy atom. The lowest BCUT2D eigenvalue weighted by Crippen LogP contribution is -2.19. The van der Waals surface area contributed by atoms with Crippen molar-refractivity contribution in [1.82, 2.24) is 0 Å². The molecule has 0 aromatic carbocycles. The second kappa shape index (κ2) is 7.49. The van der Waals surface area contributed by atoms with E-state index in [1.807, 2.05) is 0 Å². The largest absolute Gasteiger partial charge is 0.0883 e. The molecule has 0 N–H and O–H groups in total. The van der Waals surface area contributed by atoms with Gasteiger partial charge in [-0.2, -0.15) is 0 Å². The standard InChI is InChI=1S/C16H34Si2/c1-15(12-13-17(3,4)5)10-9-11-16(2)14-18(6,7)8/h11-12H,9-10,13-14H2,1-8H3/b15-12-,16-11-. The minimum Gasteiger partial charge on any atom is -0.0883 e. The third kappa shape index (κ3) is 12.4. The van der Waals surface area contributed by atoms with Crippen LogP contribution in [0.2, 0.25) is 51.4 Å². The highest BCUT2D eigenvalue weighted by Gasteiger charge is 2.13. The van der Waals surface area contributed by atoms with Crippen molar-refractivity contribution in [3.8, 4) is 0 Å². The summed E-state index contributed by atoms with van der Waals surface area (Å²) in [5.74, 6) is 0. The van der Waals surface area contributed by atoms with Crippen LogP contribution < -0.4 is 0 Å². The van der Waals surface area contributed by atoms with Crippen LogP contribution in [0.3, 0.4) is 0 Å². The van der Waals surface area contributed by atoms with Crippen LogP contribution in [0.15, 0.2) is 23.3 Å². The Labute approximate surface area is 118 Å². The molecule has 0 saturated heterocycles. The Bertz CT molecular complexity index is 298. The van der Waals surface area contributed by atoms with E-state index in [1.54, 1.807) is 11.1 Å². The molecule has 0 radical (unpaired) electrons. The van der Waals surface area contributed by atoms with Gasteiger partial charge in [0, 0.05) is 16.1 Å². The first kappa shape index (κ1) is 17.9. The van der Waals surface area contributed by atoms with E-state index in [2.05, 4.69) is 65.3 Å². The molecule has 0 nitrogen and oxygen atoms in total. The molecule has 18 heavy (non-hydrogen) atoms. The Hall–Kier alpha value is -0.0862. The lowest BCUT2D eigenvalue weighted by molar-refractivity contribution is 0.961. The molecule has 0 unspecified atom stereocenters. The summed E-state index contributed by atoms with van der Waals surface area (Å²) in [7, 11) is -1.81. The first-order valence-corrected chi connectivity index (χ1v) is 14.7. The molecule has 106 valence electrons. The Balaban J connectivity index is 4.07. The average Bonchev–Trinajstić information content (AvgIpc) is 2.10. The van der Waals surface area contributed by atoms with Gasteiger partial charge in [-0.3, -0.25) is 0 Å². The van der Waals surface area contributed by atoms with Gasteiger partial charge in [0.2, 0.25) is 0 Å². The summed E-state index contributed by atoms with van der Waals surface area (Å²) in [5, 5.41) is 0. The van der Waals surface area contributed by atoms with E-state index in [9.17, 15) is 0 Å². The average molecular weight is 283 g/mol. The third-order valence-electron chi connectivity index (χ3n) is 2.90. The molecule has 0 bridgehead atoms. The molecule has 0 fully saturated rings. The Kier molecular flexibility index (Phi) is 7.45. The zero-order chi connectivity index (χ0) is 14.4. The summed E-state index contributed by atoms with van der Waals surface area (Å²) in [4.78, 5) is 0. The number of hydrogen-bond donors (Lipinski definition) is 0. The molecule has 0 aliphatic carbocycles. The Morgan fingerprint density at radius 3 is 1.78 bits per heavy atom. The molecule has 0 aliphatic rings. The van der Waals surface area contributed by atoms with Crippen molar-refractivity contribution in [2.24, 2.45) is 0 Å². The first-order valence-electron chi connectivity index (χ1n) is 7.31. The maximum atomic E-state index is 2.48. The van der Waals surface area contributed by atoms with Gasteiger partial charge < -0.3 is 0 Å². The zero-order valence-corrected chi connectivity index (χ0v) is 16.0. The van der Waals surface area contributed by atoms with E-state index >= 15 is 0 Å².